The minimum atomic E-state index is -4.45. The van der Waals surface area contributed by atoms with Gasteiger partial charge in [-0.15, -0.1) is 0 Å². The van der Waals surface area contributed by atoms with Gasteiger partial charge in [-0.25, -0.2) is 4.98 Å². The van der Waals surface area contributed by atoms with E-state index in [9.17, 15) is 18.0 Å². The van der Waals surface area contributed by atoms with Crippen LogP contribution in [0, 0.1) is 5.41 Å². The Hall–Kier alpha value is -2.57. The number of halogens is 3. The van der Waals surface area contributed by atoms with Crippen LogP contribution in [0.2, 0.25) is 0 Å². The number of aromatic nitrogens is 1. The zero-order valence-electron chi connectivity index (χ0n) is 17.8. The van der Waals surface area contributed by atoms with Crippen molar-refractivity contribution < 1.29 is 22.7 Å². The molecule has 2 aliphatic rings. The predicted octanol–water partition coefficient (Wildman–Crippen LogP) is 5.62. The molecule has 31 heavy (non-hydrogen) atoms. The van der Waals surface area contributed by atoms with Crippen LogP contribution in [0.5, 0.6) is 5.75 Å². The van der Waals surface area contributed by atoms with Gasteiger partial charge in [-0.05, 0) is 48.6 Å². The van der Waals surface area contributed by atoms with Crippen LogP contribution in [0.4, 0.5) is 19.0 Å². The maximum atomic E-state index is 12.9. The fraction of sp³-hybridized carbons (Fsp3) is 0.500. The summed E-state index contributed by atoms with van der Waals surface area (Å²) in [6, 6.07) is 11.7. The van der Waals surface area contributed by atoms with Gasteiger partial charge in [-0.3, -0.25) is 4.79 Å². The fourth-order valence-corrected chi connectivity index (χ4v) is 3.97. The van der Waals surface area contributed by atoms with Gasteiger partial charge < -0.3 is 9.64 Å². The highest BCUT2D eigenvalue weighted by atomic mass is 19.4. The zero-order valence-corrected chi connectivity index (χ0v) is 17.8. The molecule has 7 heteroatoms. The average Bonchev–Trinajstić information content (AvgIpc) is 3.32. The number of Topliss-reactive ketones (excluding diaryl/α,β-unsaturated/α-hetero) is 1. The molecule has 4 rings (SSSR count). The van der Waals surface area contributed by atoms with Crippen LogP contribution in [0.25, 0.3) is 0 Å². The van der Waals surface area contributed by atoms with Crippen molar-refractivity contribution in [1.29, 1.82) is 0 Å². The number of hydrogen-bond acceptors (Lipinski definition) is 4. The van der Waals surface area contributed by atoms with Gasteiger partial charge >= 0.3 is 6.18 Å². The highest BCUT2D eigenvalue weighted by Crippen LogP contribution is 2.47. The molecule has 0 radical (unpaired) electrons. The summed E-state index contributed by atoms with van der Waals surface area (Å²) in [7, 11) is 0. The number of ketones is 1. The van der Waals surface area contributed by atoms with E-state index in [1.54, 1.807) is 6.07 Å². The molecule has 1 saturated carbocycles. The molecule has 4 nitrogen and oxygen atoms in total. The van der Waals surface area contributed by atoms with E-state index in [1.807, 2.05) is 36.1 Å². The number of ether oxygens (including phenoxy) is 1. The fourth-order valence-electron chi connectivity index (χ4n) is 3.97. The van der Waals surface area contributed by atoms with Crippen molar-refractivity contribution in [3.63, 3.8) is 0 Å². The molecule has 1 saturated heterocycles. The van der Waals surface area contributed by atoms with Crippen molar-refractivity contribution in [1.82, 2.24) is 4.98 Å². The highest BCUT2D eigenvalue weighted by Gasteiger charge is 2.44. The monoisotopic (exact) mass is 432 g/mol. The van der Waals surface area contributed by atoms with E-state index in [-0.39, 0.29) is 17.4 Å². The molecule has 2 atom stereocenters. The summed E-state index contributed by atoms with van der Waals surface area (Å²) in [6.45, 7) is 5.18. The number of nitrogens with zero attached hydrogens (tertiary/aromatic N) is 2. The second-order valence-corrected chi connectivity index (χ2v) is 9.01. The van der Waals surface area contributed by atoms with Gasteiger partial charge in [-0.2, -0.15) is 13.2 Å². The molecule has 2 heterocycles. The summed E-state index contributed by atoms with van der Waals surface area (Å²) in [5.74, 6) is 1.54. The number of benzene rings is 1. The molecule has 1 aliphatic carbocycles. The lowest BCUT2D eigenvalue weighted by Gasteiger charge is -2.19. The highest BCUT2D eigenvalue weighted by molar-refractivity contribution is 5.87. The molecule has 0 bridgehead atoms. The van der Waals surface area contributed by atoms with Crippen molar-refractivity contribution in [2.75, 3.05) is 18.0 Å². The van der Waals surface area contributed by atoms with E-state index >= 15 is 0 Å². The number of pyridine rings is 1. The van der Waals surface area contributed by atoms with Crippen molar-refractivity contribution in [3.05, 3.63) is 53.7 Å². The standard InChI is InChI=1S/C24H27F3N2O2/c1-16(14-21(30)23(2)11-12-23)17-6-8-18(9-7-17)31-19-10-13-29(15-19)22-5-3-4-20(28-22)24(25,26)27/h3-9,16,19H,10-15H2,1-2H3/t16-,19?/m1/s1. The third-order valence-electron chi connectivity index (χ3n) is 6.41. The molecule has 0 amide bonds. The third kappa shape index (κ3) is 5.02. The lowest BCUT2D eigenvalue weighted by molar-refractivity contribution is -0.141. The van der Waals surface area contributed by atoms with Gasteiger partial charge in [0.15, 0.2) is 0 Å². The summed E-state index contributed by atoms with van der Waals surface area (Å²) in [5, 5.41) is 0. The van der Waals surface area contributed by atoms with Crippen LogP contribution >= 0.6 is 0 Å². The second kappa shape index (κ2) is 8.17. The van der Waals surface area contributed by atoms with Gasteiger partial charge in [0.1, 0.15) is 29.1 Å². The number of carbonyl (C=O) groups excluding carboxylic acids is 1. The summed E-state index contributed by atoms with van der Waals surface area (Å²) < 4.78 is 44.8. The van der Waals surface area contributed by atoms with Crippen molar-refractivity contribution >= 4 is 11.6 Å². The zero-order chi connectivity index (χ0) is 22.2. The van der Waals surface area contributed by atoms with Gasteiger partial charge in [0.25, 0.3) is 0 Å². The number of rotatable bonds is 7. The Kier molecular flexibility index (Phi) is 5.71. The first-order valence-corrected chi connectivity index (χ1v) is 10.7. The minimum absolute atomic E-state index is 0.0971. The average molecular weight is 432 g/mol. The van der Waals surface area contributed by atoms with Gasteiger partial charge in [0.2, 0.25) is 0 Å². The molecule has 166 valence electrons. The first kappa shape index (κ1) is 21.7. The smallest absolute Gasteiger partial charge is 0.433 e. The SMILES string of the molecule is C[C@H](CC(=O)C1(C)CC1)c1ccc(OC2CCN(c3cccc(C(F)(F)F)n3)C2)cc1. The Morgan fingerprint density at radius 2 is 1.94 bits per heavy atom. The number of hydrogen-bond donors (Lipinski definition) is 0. The Morgan fingerprint density at radius 3 is 2.58 bits per heavy atom. The largest absolute Gasteiger partial charge is 0.489 e. The Labute approximate surface area is 180 Å². The van der Waals surface area contributed by atoms with E-state index < -0.39 is 11.9 Å². The van der Waals surface area contributed by atoms with Crippen molar-refractivity contribution in [3.8, 4) is 5.75 Å². The van der Waals surface area contributed by atoms with Gasteiger partial charge in [0, 0.05) is 24.8 Å². The normalized spacial score (nSPS) is 21.1. The molecule has 2 aromatic rings. The molecule has 0 spiro atoms. The molecule has 1 aromatic heterocycles. The quantitative estimate of drug-likeness (QED) is 0.570. The first-order valence-electron chi connectivity index (χ1n) is 10.7. The van der Waals surface area contributed by atoms with Gasteiger partial charge in [0.05, 0.1) is 6.54 Å². The summed E-state index contributed by atoms with van der Waals surface area (Å²) in [6.07, 6.45) is -1.30. The minimum Gasteiger partial charge on any atom is -0.489 e. The van der Waals surface area contributed by atoms with Crippen molar-refractivity contribution in [2.45, 2.75) is 57.7 Å². The van der Waals surface area contributed by atoms with E-state index in [0.29, 0.717) is 37.5 Å². The Balaban J connectivity index is 1.33. The van der Waals surface area contributed by atoms with Crippen LogP contribution in [-0.4, -0.2) is 30.0 Å². The van der Waals surface area contributed by atoms with E-state index in [2.05, 4.69) is 11.9 Å². The topological polar surface area (TPSA) is 42.4 Å². The Morgan fingerprint density at radius 1 is 1.23 bits per heavy atom. The lowest BCUT2D eigenvalue weighted by Crippen LogP contribution is -2.25. The van der Waals surface area contributed by atoms with E-state index in [4.69, 9.17) is 4.74 Å². The van der Waals surface area contributed by atoms with Gasteiger partial charge in [-0.1, -0.05) is 32.0 Å². The first-order chi connectivity index (χ1) is 14.6. The Bertz CT molecular complexity index is 939. The molecular formula is C24H27F3N2O2. The van der Waals surface area contributed by atoms with Crippen LogP contribution in [0.3, 0.4) is 0 Å². The van der Waals surface area contributed by atoms with E-state index in [0.717, 1.165) is 30.2 Å². The van der Waals surface area contributed by atoms with Crippen LogP contribution < -0.4 is 9.64 Å². The van der Waals surface area contributed by atoms with Crippen molar-refractivity contribution in [2.24, 2.45) is 5.41 Å². The molecule has 1 unspecified atom stereocenters. The van der Waals surface area contributed by atoms with Crippen LogP contribution in [0.15, 0.2) is 42.5 Å². The molecule has 2 fully saturated rings. The van der Waals surface area contributed by atoms with Crippen LogP contribution in [-0.2, 0) is 11.0 Å². The third-order valence-corrected chi connectivity index (χ3v) is 6.41. The van der Waals surface area contributed by atoms with Crippen LogP contribution in [0.1, 0.15) is 56.7 Å². The summed E-state index contributed by atoms with van der Waals surface area (Å²) in [4.78, 5) is 17.9. The summed E-state index contributed by atoms with van der Waals surface area (Å²) >= 11 is 0. The van der Waals surface area contributed by atoms with E-state index in [1.165, 1.54) is 6.07 Å². The molecule has 1 aliphatic heterocycles. The summed E-state index contributed by atoms with van der Waals surface area (Å²) in [5.41, 5.74) is 0.125. The predicted molar refractivity (Wildman–Crippen MR) is 112 cm³/mol. The lowest BCUT2D eigenvalue weighted by atomic mass is 9.90. The molecule has 1 aromatic carbocycles. The molecular weight excluding hydrogens is 405 g/mol. The maximum absolute atomic E-state index is 12.9. The number of carbonyl (C=O) groups is 1. The number of anilines is 1. The second-order valence-electron chi connectivity index (χ2n) is 9.01. The maximum Gasteiger partial charge on any atom is 0.433 e. The number of alkyl halides is 3. The molecule has 0 N–H and O–H groups in total.